The van der Waals surface area contributed by atoms with Crippen LogP contribution in [0.15, 0.2) is 0 Å². The van der Waals surface area contributed by atoms with Gasteiger partial charge < -0.3 is 20.1 Å². The van der Waals surface area contributed by atoms with Gasteiger partial charge in [0.05, 0.1) is 19.1 Å². The van der Waals surface area contributed by atoms with E-state index < -0.39 is 12.0 Å². The smallest absolute Gasteiger partial charge is 0.326 e. The number of likely N-dealkylation sites (tertiary alicyclic amines) is 1. The van der Waals surface area contributed by atoms with Gasteiger partial charge in [-0.1, -0.05) is 6.92 Å². The summed E-state index contributed by atoms with van der Waals surface area (Å²) in [7, 11) is 0. The minimum atomic E-state index is -0.896. The Morgan fingerprint density at radius 3 is 2.84 bits per heavy atom. The number of carboxylic acid groups (broad SMARTS) is 1. The van der Waals surface area contributed by atoms with Gasteiger partial charge in [-0.3, -0.25) is 4.79 Å². The van der Waals surface area contributed by atoms with E-state index in [1.165, 1.54) is 4.90 Å². The molecule has 2 N–H and O–H groups in total. The summed E-state index contributed by atoms with van der Waals surface area (Å²) in [5.74, 6) is -1.22. The molecule has 1 amide bonds. The van der Waals surface area contributed by atoms with E-state index in [0.717, 1.165) is 19.4 Å². The van der Waals surface area contributed by atoms with Crippen molar-refractivity contribution >= 4 is 11.9 Å². The second-order valence-electron chi connectivity index (χ2n) is 5.19. The van der Waals surface area contributed by atoms with Gasteiger partial charge in [0.1, 0.15) is 6.04 Å². The minimum absolute atomic E-state index is 0.00821. The third kappa shape index (κ3) is 3.06. The first-order valence-corrected chi connectivity index (χ1v) is 6.99. The fourth-order valence-corrected chi connectivity index (χ4v) is 2.93. The zero-order valence-electron chi connectivity index (χ0n) is 11.3. The average Bonchev–Trinajstić information content (AvgIpc) is 2.86. The maximum atomic E-state index is 12.5. The fourth-order valence-electron chi connectivity index (χ4n) is 2.93. The Balaban J connectivity index is 2.06. The number of nitrogens with one attached hydrogen (secondary N) is 1. The second-order valence-corrected chi connectivity index (χ2v) is 5.19. The van der Waals surface area contributed by atoms with Crippen LogP contribution in [0.25, 0.3) is 0 Å². The molecule has 2 saturated heterocycles. The van der Waals surface area contributed by atoms with Crippen molar-refractivity contribution in [1.82, 2.24) is 10.2 Å². The highest BCUT2D eigenvalue weighted by Gasteiger charge is 2.40. The van der Waals surface area contributed by atoms with Gasteiger partial charge in [0.15, 0.2) is 0 Å². The third-order valence-electron chi connectivity index (χ3n) is 3.93. The lowest BCUT2D eigenvalue weighted by atomic mass is 9.96. The van der Waals surface area contributed by atoms with Crippen molar-refractivity contribution in [3.8, 4) is 0 Å². The summed E-state index contributed by atoms with van der Waals surface area (Å²) in [4.78, 5) is 25.3. The van der Waals surface area contributed by atoms with Crippen LogP contribution in [0.3, 0.4) is 0 Å². The Labute approximate surface area is 113 Å². The SMILES string of the molecule is CCNC1COCC1C(=O)N1CCCCC1C(=O)O. The van der Waals surface area contributed by atoms with Crippen molar-refractivity contribution < 1.29 is 19.4 Å². The number of hydrogen-bond donors (Lipinski definition) is 2. The Morgan fingerprint density at radius 2 is 2.16 bits per heavy atom. The molecule has 6 nitrogen and oxygen atoms in total. The van der Waals surface area contributed by atoms with Crippen LogP contribution in [0.4, 0.5) is 0 Å². The van der Waals surface area contributed by atoms with Gasteiger partial charge in [0, 0.05) is 12.6 Å². The van der Waals surface area contributed by atoms with E-state index in [9.17, 15) is 14.7 Å². The molecule has 108 valence electrons. The number of ether oxygens (including phenoxy) is 1. The zero-order chi connectivity index (χ0) is 13.8. The second kappa shape index (κ2) is 6.34. The molecule has 2 aliphatic rings. The van der Waals surface area contributed by atoms with E-state index >= 15 is 0 Å². The molecule has 0 radical (unpaired) electrons. The molecule has 19 heavy (non-hydrogen) atoms. The molecule has 2 aliphatic heterocycles. The van der Waals surface area contributed by atoms with E-state index in [1.54, 1.807) is 0 Å². The Bertz CT molecular complexity index is 348. The first-order chi connectivity index (χ1) is 9.15. The maximum absolute atomic E-state index is 12.5. The van der Waals surface area contributed by atoms with Crippen molar-refractivity contribution in [3.05, 3.63) is 0 Å². The van der Waals surface area contributed by atoms with Gasteiger partial charge in [-0.2, -0.15) is 0 Å². The van der Waals surface area contributed by atoms with Crippen molar-refractivity contribution in [1.29, 1.82) is 0 Å². The van der Waals surface area contributed by atoms with E-state index in [4.69, 9.17) is 4.74 Å². The van der Waals surface area contributed by atoms with Crippen LogP contribution in [-0.4, -0.2) is 60.3 Å². The highest BCUT2D eigenvalue weighted by molar-refractivity contribution is 5.86. The summed E-state index contributed by atoms with van der Waals surface area (Å²) in [6, 6.07) is -0.655. The molecule has 0 aromatic rings. The van der Waals surface area contributed by atoms with Crippen LogP contribution in [-0.2, 0) is 14.3 Å². The lowest BCUT2D eigenvalue weighted by molar-refractivity contribution is -0.154. The van der Waals surface area contributed by atoms with Gasteiger partial charge in [-0.15, -0.1) is 0 Å². The third-order valence-corrected chi connectivity index (χ3v) is 3.93. The largest absolute Gasteiger partial charge is 0.480 e. The molecule has 2 fully saturated rings. The predicted molar refractivity (Wildman–Crippen MR) is 68.8 cm³/mol. The zero-order valence-corrected chi connectivity index (χ0v) is 11.3. The summed E-state index contributed by atoms with van der Waals surface area (Å²) in [5.41, 5.74) is 0. The number of carboxylic acids is 1. The van der Waals surface area contributed by atoms with Crippen LogP contribution in [0.5, 0.6) is 0 Å². The summed E-state index contributed by atoms with van der Waals surface area (Å²) in [5, 5.41) is 12.5. The van der Waals surface area contributed by atoms with E-state index in [0.29, 0.717) is 26.2 Å². The van der Waals surface area contributed by atoms with Gasteiger partial charge in [-0.05, 0) is 25.8 Å². The van der Waals surface area contributed by atoms with Gasteiger partial charge in [0.2, 0.25) is 5.91 Å². The molecule has 3 atom stereocenters. The normalized spacial score (nSPS) is 31.4. The summed E-state index contributed by atoms with van der Waals surface area (Å²) in [6.45, 7) is 4.22. The van der Waals surface area contributed by atoms with Crippen LogP contribution in [0.1, 0.15) is 26.2 Å². The highest BCUT2D eigenvalue weighted by Crippen LogP contribution is 2.23. The molecule has 3 unspecified atom stereocenters. The van der Waals surface area contributed by atoms with Gasteiger partial charge >= 0.3 is 5.97 Å². The first kappa shape index (κ1) is 14.3. The quantitative estimate of drug-likeness (QED) is 0.756. The van der Waals surface area contributed by atoms with Gasteiger partial charge in [0.25, 0.3) is 0 Å². The maximum Gasteiger partial charge on any atom is 0.326 e. The Morgan fingerprint density at radius 1 is 1.37 bits per heavy atom. The Kier molecular flexibility index (Phi) is 4.76. The van der Waals surface area contributed by atoms with Crippen LogP contribution in [0, 0.1) is 5.92 Å². The summed E-state index contributed by atoms with van der Waals surface area (Å²) in [6.07, 6.45) is 2.31. The highest BCUT2D eigenvalue weighted by atomic mass is 16.5. The number of amides is 1. The number of rotatable bonds is 4. The van der Waals surface area contributed by atoms with Crippen molar-refractivity contribution in [2.75, 3.05) is 26.3 Å². The number of nitrogens with zero attached hydrogens (tertiary/aromatic N) is 1. The number of piperidine rings is 1. The van der Waals surface area contributed by atoms with E-state index in [-0.39, 0.29) is 17.9 Å². The van der Waals surface area contributed by atoms with Gasteiger partial charge in [-0.25, -0.2) is 4.79 Å². The summed E-state index contributed by atoms with van der Waals surface area (Å²) >= 11 is 0. The number of hydrogen-bond acceptors (Lipinski definition) is 4. The molecule has 0 saturated carbocycles. The topological polar surface area (TPSA) is 78.9 Å². The molecule has 0 aliphatic carbocycles. The standard InChI is InChI=1S/C13H22N2O4/c1-2-14-10-8-19-7-9(10)12(16)15-6-4-3-5-11(15)13(17)18/h9-11,14H,2-8H2,1H3,(H,17,18). The minimum Gasteiger partial charge on any atom is -0.480 e. The molecular weight excluding hydrogens is 248 g/mol. The monoisotopic (exact) mass is 270 g/mol. The molecule has 0 aromatic carbocycles. The molecule has 2 rings (SSSR count). The van der Waals surface area contributed by atoms with E-state index in [2.05, 4.69) is 5.32 Å². The molecule has 6 heteroatoms. The molecule has 2 heterocycles. The predicted octanol–water partition coefficient (Wildman–Crippen LogP) is 0.0766. The summed E-state index contributed by atoms with van der Waals surface area (Å²) < 4.78 is 5.37. The lowest BCUT2D eigenvalue weighted by Crippen LogP contribution is -2.53. The van der Waals surface area contributed by atoms with Crippen molar-refractivity contribution in [2.45, 2.75) is 38.3 Å². The van der Waals surface area contributed by atoms with E-state index in [1.807, 2.05) is 6.92 Å². The number of carbonyl (C=O) groups is 2. The molecule has 0 aromatic heterocycles. The first-order valence-electron chi connectivity index (χ1n) is 6.99. The van der Waals surface area contributed by atoms with Crippen LogP contribution in [0.2, 0.25) is 0 Å². The molecule has 0 bridgehead atoms. The van der Waals surface area contributed by atoms with Crippen molar-refractivity contribution in [2.24, 2.45) is 5.92 Å². The van der Waals surface area contributed by atoms with Crippen molar-refractivity contribution in [3.63, 3.8) is 0 Å². The number of likely N-dealkylation sites (N-methyl/N-ethyl adjacent to an activating group) is 1. The van der Waals surface area contributed by atoms with Crippen LogP contribution < -0.4 is 5.32 Å². The molecule has 0 spiro atoms. The fraction of sp³-hybridized carbons (Fsp3) is 0.846. The number of carbonyl (C=O) groups excluding carboxylic acids is 1. The molecular formula is C13H22N2O4. The average molecular weight is 270 g/mol. The number of aliphatic carboxylic acids is 1. The van der Waals surface area contributed by atoms with Crippen LogP contribution >= 0.6 is 0 Å². The lowest BCUT2D eigenvalue weighted by Gasteiger charge is -2.35. The Hall–Kier alpha value is -1.14.